The summed E-state index contributed by atoms with van der Waals surface area (Å²) < 4.78 is 21.5. The summed E-state index contributed by atoms with van der Waals surface area (Å²) >= 11 is 0. The van der Waals surface area contributed by atoms with Gasteiger partial charge < -0.3 is 29.0 Å². The highest BCUT2D eigenvalue weighted by molar-refractivity contribution is 6.46. The minimum absolute atomic E-state index is 0.0371. The number of likely N-dealkylation sites (tertiary alicyclic amines) is 1. The number of fused-ring (bicyclic) bond motifs is 1. The van der Waals surface area contributed by atoms with Crippen LogP contribution < -0.4 is 18.9 Å². The van der Waals surface area contributed by atoms with Gasteiger partial charge in [0.05, 0.1) is 25.8 Å². The van der Waals surface area contributed by atoms with Crippen LogP contribution in [-0.4, -0.2) is 47.7 Å². The van der Waals surface area contributed by atoms with Gasteiger partial charge in [0.25, 0.3) is 11.7 Å². The Labute approximate surface area is 201 Å². The minimum atomic E-state index is -0.875. The lowest BCUT2D eigenvalue weighted by Gasteiger charge is -2.26. The molecule has 2 aliphatic rings. The summed E-state index contributed by atoms with van der Waals surface area (Å²) in [6.45, 7) is 0.191. The maximum Gasteiger partial charge on any atom is 0.295 e. The van der Waals surface area contributed by atoms with Crippen LogP contribution in [0.25, 0.3) is 5.76 Å². The molecule has 1 saturated heterocycles. The molecule has 5 rings (SSSR count). The normalized spacial score (nSPS) is 18.1. The van der Waals surface area contributed by atoms with E-state index in [1.807, 2.05) is 6.07 Å². The third kappa shape index (κ3) is 3.90. The molecule has 35 heavy (non-hydrogen) atoms. The lowest BCUT2D eigenvalue weighted by Crippen LogP contribution is -2.29. The van der Waals surface area contributed by atoms with E-state index in [9.17, 15) is 14.7 Å². The fourth-order valence-electron chi connectivity index (χ4n) is 4.30. The molecule has 0 bridgehead atoms. The van der Waals surface area contributed by atoms with Crippen LogP contribution in [0, 0.1) is 0 Å². The molecule has 3 aromatic rings. The monoisotopic (exact) mass is 474 g/mol. The van der Waals surface area contributed by atoms with Crippen LogP contribution in [0.2, 0.25) is 0 Å². The Morgan fingerprint density at radius 3 is 2.60 bits per heavy atom. The van der Waals surface area contributed by atoms with E-state index in [0.29, 0.717) is 34.1 Å². The van der Waals surface area contributed by atoms with Crippen LogP contribution in [0.3, 0.4) is 0 Å². The van der Waals surface area contributed by atoms with Gasteiger partial charge in [-0.25, -0.2) is 0 Å². The van der Waals surface area contributed by atoms with Crippen LogP contribution in [0.5, 0.6) is 23.0 Å². The summed E-state index contributed by atoms with van der Waals surface area (Å²) in [4.78, 5) is 32.0. The van der Waals surface area contributed by atoms with Crippen molar-refractivity contribution in [3.8, 4) is 23.0 Å². The number of benzene rings is 2. The molecule has 1 N–H and O–H groups in total. The Balaban J connectivity index is 1.66. The first-order chi connectivity index (χ1) is 17.0. The zero-order valence-corrected chi connectivity index (χ0v) is 19.1. The molecule has 1 aromatic heterocycles. The van der Waals surface area contributed by atoms with Crippen molar-refractivity contribution in [1.82, 2.24) is 9.88 Å². The summed E-state index contributed by atoms with van der Waals surface area (Å²) in [7, 11) is 3.02. The fourth-order valence-corrected chi connectivity index (χ4v) is 4.30. The molecule has 9 heteroatoms. The number of hydrogen-bond donors (Lipinski definition) is 1. The van der Waals surface area contributed by atoms with E-state index in [-0.39, 0.29) is 24.7 Å². The molecule has 1 atom stereocenters. The van der Waals surface area contributed by atoms with Gasteiger partial charge in [-0.05, 0) is 47.5 Å². The molecular weight excluding hydrogens is 452 g/mol. The second-order valence-corrected chi connectivity index (χ2v) is 7.97. The molecule has 3 heterocycles. The number of amides is 1. The first-order valence-electron chi connectivity index (χ1n) is 10.8. The largest absolute Gasteiger partial charge is 0.507 e. The first kappa shape index (κ1) is 22.3. The molecule has 0 saturated carbocycles. The summed E-state index contributed by atoms with van der Waals surface area (Å²) in [6, 6.07) is 12.7. The molecular formula is C26H22N2O7. The van der Waals surface area contributed by atoms with Crippen molar-refractivity contribution >= 4 is 17.4 Å². The number of aliphatic hydroxyl groups excluding tert-OH is 1. The van der Waals surface area contributed by atoms with Gasteiger partial charge in [0.1, 0.15) is 5.76 Å². The van der Waals surface area contributed by atoms with E-state index in [4.69, 9.17) is 18.9 Å². The standard InChI is InChI=1S/C26H22N2O7/c1-32-18-7-5-16(10-20(18)33-2)23-22(24(29)17-6-8-19-21(11-17)35-14-34-19)25(30)26(31)28(23)13-15-4-3-9-27-12-15/h3-12,23,29H,13-14H2,1-2H3/b24-22+. The van der Waals surface area contributed by atoms with Crippen molar-refractivity contribution in [1.29, 1.82) is 0 Å². The minimum Gasteiger partial charge on any atom is -0.507 e. The van der Waals surface area contributed by atoms with Gasteiger partial charge in [-0.1, -0.05) is 12.1 Å². The van der Waals surface area contributed by atoms with Crippen molar-refractivity contribution in [2.75, 3.05) is 21.0 Å². The van der Waals surface area contributed by atoms with Crippen LogP contribution >= 0.6 is 0 Å². The van der Waals surface area contributed by atoms with Crippen LogP contribution in [0.4, 0.5) is 0 Å². The van der Waals surface area contributed by atoms with Crippen molar-refractivity contribution in [3.05, 3.63) is 83.2 Å². The van der Waals surface area contributed by atoms with Gasteiger partial charge in [-0.3, -0.25) is 14.6 Å². The third-order valence-electron chi connectivity index (χ3n) is 5.99. The number of nitrogens with zero attached hydrogens (tertiary/aromatic N) is 2. The second kappa shape index (κ2) is 9.02. The molecule has 2 aromatic carbocycles. The third-order valence-corrected chi connectivity index (χ3v) is 5.99. The van der Waals surface area contributed by atoms with E-state index in [0.717, 1.165) is 5.56 Å². The Hall–Kier alpha value is -4.53. The Morgan fingerprint density at radius 1 is 1.06 bits per heavy atom. The van der Waals surface area contributed by atoms with E-state index in [1.165, 1.54) is 19.1 Å². The van der Waals surface area contributed by atoms with Gasteiger partial charge in [0.2, 0.25) is 6.79 Å². The van der Waals surface area contributed by atoms with Crippen molar-refractivity contribution in [2.45, 2.75) is 12.6 Å². The lowest BCUT2D eigenvalue weighted by atomic mass is 9.94. The van der Waals surface area contributed by atoms with Gasteiger partial charge in [0.15, 0.2) is 23.0 Å². The van der Waals surface area contributed by atoms with Crippen molar-refractivity contribution < 1.29 is 33.6 Å². The zero-order chi connectivity index (χ0) is 24.5. The molecule has 178 valence electrons. The fraction of sp³-hybridized carbons (Fsp3) is 0.192. The Kier molecular flexibility index (Phi) is 5.74. The Bertz CT molecular complexity index is 1340. The predicted molar refractivity (Wildman–Crippen MR) is 124 cm³/mol. The second-order valence-electron chi connectivity index (χ2n) is 7.97. The predicted octanol–water partition coefficient (Wildman–Crippen LogP) is 3.45. The van der Waals surface area contributed by atoms with Crippen molar-refractivity contribution in [2.24, 2.45) is 0 Å². The number of hydrogen-bond acceptors (Lipinski definition) is 8. The molecule has 2 aliphatic heterocycles. The average molecular weight is 474 g/mol. The quantitative estimate of drug-likeness (QED) is 0.329. The van der Waals surface area contributed by atoms with Gasteiger partial charge in [-0.2, -0.15) is 0 Å². The number of Topliss-reactive ketones (excluding diaryl/α,β-unsaturated/α-hetero) is 1. The number of ether oxygens (including phenoxy) is 4. The smallest absolute Gasteiger partial charge is 0.295 e. The molecule has 9 nitrogen and oxygen atoms in total. The summed E-state index contributed by atoms with van der Waals surface area (Å²) in [5.41, 5.74) is 1.61. The number of carbonyl (C=O) groups is 2. The molecule has 1 unspecified atom stereocenters. The first-order valence-corrected chi connectivity index (χ1v) is 10.8. The lowest BCUT2D eigenvalue weighted by molar-refractivity contribution is -0.140. The van der Waals surface area contributed by atoms with Crippen LogP contribution in [0.1, 0.15) is 22.7 Å². The van der Waals surface area contributed by atoms with E-state index in [1.54, 1.807) is 54.9 Å². The summed E-state index contributed by atoms with van der Waals surface area (Å²) in [6.07, 6.45) is 3.26. The van der Waals surface area contributed by atoms with E-state index >= 15 is 0 Å². The summed E-state index contributed by atoms with van der Waals surface area (Å²) in [5.74, 6) is 0.0856. The van der Waals surface area contributed by atoms with Crippen molar-refractivity contribution in [3.63, 3.8) is 0 Å². The van der Waals surface area contributed by atoms with E-state index < -0.39 is 17.7 Å². The number of rotatable bonds is 6. The molecule has 0 aliphatic carbocycles. The number of pyridine rings is 1. The molecule has 1 fully saturated rings. The molecule has 0 radical (unpaired) electrons. The maximum atomic E-state index is 13.3. The van der Waals surface area contributed by atoms with Gasteiger partial charge in [-0.15, -0.1) is 0 Å². The number of aliphatic hydroxyl groups is 1. The topological polar surface area (TPSA) is 107 Å². The van der Waals surface area contributed by atoms with E-state index in [2.05, 4.69) is 4.98 Å². The highest BCUT2D eigenvalue weighted by Crippen LogP contribution is 2.43. The number of aromatic nitrogens is 1. The number of carbonyl (C=O) groups excluding carboxylic acids is 2. The van der Waals surface area contributed by atoms with Crippen LogP contribution in [0.15, 0.2) is 66.5 Å². The molecule has 0 spiro atoms. The maximum absolute atomic E-state index is 13.3. The number of methoxy groups -OCH3 is 2. The van der Waals surface area contributed by atoms with Crippen LogP contribution in [-0.2, 0) is 16.1 Å². The average Bonchev–Trinajstić information content (AvgIpc) is 3.46. The van der Waals surface area contributed by atoms with Gasteiger partial charge in [0, 0.05) is 24.5 Å². The highest BCUT2D eigenvalue weighted by Gasteiger charge is 2.46. The summed E-state index contributed by atoms with van der Waals surface area (Å²) in [5, 5.41) is 11.3. The molecule has 1 amide bonds. The van der Waals surface area contributed by atoms with Gasteiger partial charge >= 0.3 is 0 Å². The zero-order valence-electron chi connectivity index (χ0n) is 19.1. The SMILES string of the molecule is COc1ccc(C2/C(=C(\O)c3ccc4c(c3)OCO4)C(=O)C(=O)N2Cc2cccnc2)cc1OC. The Morgan fingerprint density at radius 2 is 1.86 bits per heavy atom. The highest BCUT2D eigenvalue weighted by atomic mass is 16.7. The number of ketones is 1.